The van der Waals surface area contributed by atoms with Gasteiger partial charge in [-0.2, -0.15) is 5.26 Å². The summed E-state index contributed by atoms with van der Waals surface area (Å²) in [6, 6.07) is 22.9. The van der Waals surface area contributed by atoms with Crippen molar-refractivity contribution in [2.24, 2.45) is 0 Å². The molecule has 0 bridgehead atoms. The highest BCUT2D eigenvalue weighted by molar-refractivity contribution is 6.10. The fourth-order valence-electron chi connectivity index (χ4n) is 3.20. The summed E-state index contributed by atoms with van der Waals surface area (Å²) in [5.41, 5.74) is 4.46. The van der Waals surface area contributed by atoms with Crippen LogP contribution in [0.15, 0.2) is 72.3 Å². The molecule has 1 amide bonds. The fourth-order valence-corrected chi connectivity index (χ4v) is 3.20. The average Bonchev–Trinajstić information content (AvgIpc) is 2.79. The lowest BCUT2D eigenvalue weighted by molar-refractivity contribution is -0.112. The van der Waals surface area contributed by atoms with Crippen molar-refractivity contribution in [1.29, 1.82) is 5.26 Å². The first-order valence-electron chi connectivity index (χ1n) is 10.4. The molecule has 0 spiro atoms. The van der Waals surface area contributed by atoms with Crippen molar-refractivity contribution in [3.05, 3.63) is 94.6 Å². The Morgan fingerprint density at radius 1 is 1.00 bits per heavy atom. The summed E-state index contributed by atoms with van der Waals surface area (Å²) in [5.74, 6) is 0.706. The highest BCUT2D eigenvalue weighted by atomic mass is 16.5. The second-order valence-corrected chi connectivity index (χ2v) is 7.36. The van der Waals surface area contributed by atoms with Gasteiger partial charge in [0.05, 0.1) is 6.61 Å². The Morgan fingerprint density at radius 2 is 1.78 bits per heavy atom. The molecule has 0 aliphatic rings. The minimum atomic E-state index is -0.457. The number of rotatable bonds is 8. The van der Waals surface area contributed by atoms with Crippen molar-refractivity contribution < 1.29 is 14.3 Å². The molecule has 0 atom stereocenters. The van der Waals surface area contributed by atoms with Crippen LogP contribution in [-0.2, 0) is 11.4 Å². The highest BCUT2D eigenvalue weighted by Gasteiger charge is 2.13. The van der Waals surface area contributed by atoms with Crippen LogP contribution in [0.2, 0.25) is 0 Å². The first-order valence-corrected chi connectivity index (χ1v) is 10.4. The Morgan fingerprint density at radius 3 is 2.47 bits per heavy atom. The van der Waals surface area contributed by atoms with Crippen molar-refractivity contribution in [3.8, 4) is 17.6 Å². The van der Waals surface area contributed by atoms with E-state index in [-0.39, 0.29) is 5.57 Å². The third-order valence-corrected chi connectivity index (χ3v) is 4.81. The van der Waals surface area contributed by atoms with Gasteiger partial charge in [0.25, 0.3) is 5.91 Å². The fraction of sp³-hybridized carbons (Fsp3) is 0.185. The van der Waals surface area contributed by atoms with Crippen molar-refractivity contribution in [1.82, 2.24) is 0 Å². The number of carbonyl (C=O) groups excluding carboxylic acids is 1. The van der Waals surface area contributed by atoms with E-state index in [9.17, 15) is 10.1 Å². The van der Waals surface area contributed by atoms with Gasteiger partial charge in [0, 0.05) is 5.69 Å². The molecule has 0 fully saturated rings. The number of nitrogens with one attached hydrogen (secondary N) is 1. The number of nitriles is 1. The number of anilines is 1. The van der Waals surface area contributed by atoms with Gasteiger partial charge >= 0.3 is 0 Å². The minimum Gasteiger partial charge on any atom is -0.490 e. The average molecular weight is 427 g/mol. The molecule has 3 aromatic rings. The van der Waals surface area contributed by atoms with E-state index in [1.54, 1.807) is 24.3 Å². The number of aryl methyl sites for hydroxylation is 2. The van der Waals surface area contributed by atoms with Gasteiger partial charge in [-0.15, -0.1) is 0 Å². The first kappa shape index (κ1) is 22.6. The summed E-state index contributed by atoms with van der Waals surface area (Å²) in [4.78, 5) is 12.7. The van der Waals surface area contributed by atoms with E-state index in [4.69, 9.17) is 9.47 Å². The zero-order valence-electron chi connectivity index (χ0n) is 18.5. The van der Waals surface area contributed by atoms with Crippen molar-refractivity contribution in [2.75, 3.05) is 11.9 Å². The second-order valence-electron chi connectivity index (χ2n) is 7.36. The second kappa shape index (κ2) is 10.8. The number of benzene rings is 3. The number of ether oxygens (including phenoxy) is 2. The van der Waals surface area contributed by atoms with E-state index in [1.807, 2.05) is 75.4 Å². The molecule has 5 heteroatoms. The van der Waals surface area contributed by atoms with E-state index in [1.165, 1.54) is 0 Å². The third kappa shape index (κ3) is 5.99. The zero-order chi connectivity index (χ0) is 22.9. The molecule has 0 aromatic heterocycles. The van der Waals surface area contributed by atoms with Gasteiger partial charge in [-0.1, -0.05) is 54.1 Å². The van der Waals surface area contributed by atoms with Gasteiger partial charge in [0.2, 0.25) is 0 Å². The summed E-state index contributed by atoms with van der Waals surface area (Å²) >= 11 is 0. The molecule has 0 unspecified atom stereocenters. The minimum absolute atomic E-state index is 0.00498. The van der Waals surface area contributed by atoms with Gasteiger partial charge in [0.1, 0.15) is 18.2 Å². The van der Waals surface area contributed by atoms with Crippen LogP contribution in [0.5, 0.6) is 11.5 Å². The zero-order valence-corrected chi connectivity index (χ0v) is 18.5. The van der Waals surface area contributed by atoms with E-state index < -0.39 is 5.91 Å². The maximum Gasteiger partial charge on any atom is 0.266 e. The van der Waals surface area contributed by atoms with Gasteiger partial charge in [0.15, 0.2) is 11.5 Å². The van der Waals surface area contributed by atoms with E-state index in [0.29, 0.717) is 36.0 Å². The summed E-state index contributed by atoms with van der Waals surface area (Å²) in [5, 5.41) is 12.4. The molecule has 3 rings (SSSR count). The van der Waals surface area contributed by atoms with Gasteiger partial charge in [-0.05, 0) is 61.7 Å². The van der Waals surface area contributed by atoms with Crippen molar-refractivity contribution >= 4 is 17.7 Å². The number of nitrogens with zero attached hydrogens (tertiary/aromatic N) is 1. The quantitative estimate of drug-likeness (QED) is 0.363. The van der Waals surface area contributed by atoms with Crippen LogP contribution in [0, 0.1) is 25.2 Å². The number of amides is 1. The lowest BCUT2D eigenvalue weighted by atomic mass is 10.1. The maximum atomic E-state index is 12.7. The molecule has 0 saturated carbocycles. The normalized spacial score (nSPS) is 10.9. The SMILES string of the molecule is CCOc1cc(/C=C(/C#N)C(=O)Nc2ccc(C)cc2C)ccc1OCc1ccccc1. The van der Waals surface area contributed by atoms with E-state index >= 15 is 0 Å². The third-order valence-electron chi connectivity index (χ3n) is 4.81. The molecule has 0 radical (unpaired) electrons. The molecule has 5 nitrogen and oxygen atoms in total. The molecule has 0 saturated heterocycles. The van der Waals surface area contributed by atoms with Crippen LogP contribution in [0.25, 0.3) is 6.08 Å². The van der Waals surface area contributed by atoms with E-state index in [2.05, 4.69) is 5.32 Å². The van der Waals surface area contributed by atoms with Crippen LogP contribution in [0.1, 0.15) is 29.2 Å². The Labute approximate surface area is 188 Å². The highest BCUT2D eigenvalue weighted by Crippen LogP contribution is 2.30. The Kier molecular flexibility index (Phi) is 7.66. The lowest BCUT2D eigenvalue weighted by Crippen LogP contribution is -2.14. The number of carbonyl (C=O) groups is 1. The largest absolute Gasteiger partial charge is 0.490 e. The van der Waals surface area contributed by atoms with Gasteiger partial charge in [-0.25, -0.2) is 0 Å². The monoisotopic (exact) mass is 426 g/mol. The molecule has 3 aromatic carbocycles. The molecular weight excluding hydrogens is 400 g/mol. The van der Waals surface area contributed by atoms with Crippen LogP contribution in [-0.4, -0.2) is 12.5 Å². The summed E-state index contributed by atoms with van der Waals surface area (Å²) in [6.45, 7) is 6.68. The summed E-state index contributed by atoms with van der Waals surface area (Å²) in [7, 11) is 0. The molecule has 162 valence electrons. The number of hydrogen-bond donors (Lipinski definition) is 1. The smallest absolute Gasteiger partial charge is 0.266 e. The predicted octanol–water partition coefficient (Wildman–Crippen LogP) is 5.83. The molecule has 1 N–H and O–H groups in total. The molecule has 32 heavy (non-hydrogen) atoms. The van der Waals surface area contributed by atoms with Crippen LogP contribution < -0.4 is 14.8 Å². The standard InChI is InChI=1S/C27H26N2O3/c1-4-31-26-16-22(11-13-25(26)32-18-21-8-6-5-7-9-21)15-23(17-28)27(30)29-24-12-10-19(2)14-20(24)3/h5-16H,4,18H2,1-3H3,(H,29,30)/b23-15-. The van der Waals surface area contributed by atoms with Crippen LogP contribution in [0.4, 0.5) is 5.69 Å². The topological polar surface area (TPSA) is 71.3 Å². The molecule has 0 aliphatic heterocycles. The van der Waals surface area contributed by atoms with Gasteiger partial charge in [-0.3, -0.25) is 4.79 Å². The van der Waals surface area contributed by atoms with Crippen LogP contribution >= 0.6 is 0 Å². The van der Waals surface area contributed by atoms with E-state index in [0.717, 1.165) is 16.7 Å². The summed E-state index contributed by atoms with van der Waals surface area (Å²) in [6.07, 6.45) is 1.54. The Balaban J connectivity index is 1.79. The Bertz CT molecular complexity index is 1160. The summed E-state index contributed by atoms with van der Waals surface area (Å²) < 4.78 is 11.6. The number of hydrogen-bond acceptors (Lipinski definition) is 4. The van der Waals surface area contributed by atoms with Gasteiger partial charge < -0.3 is 14.8 Å². The molecule has 0 heterocycles. The van der Waals surface area contributed by atoms with Crippen molar-refractivity contribution in [2.45, 2.75) is 27.4 Å². The Hall–Kier alpha value is -4.04. The molecular formula is C27H26N2O3. The predicted molar refractivity (Wildman–Crippen MR) is 127 cm³/mol. The maximum absolute atomic E-state index is 12.7. The van der Waals surface area contributed by atoms with Crippen LogP contribution in [0.3, 0.4) is 0 Å². The first-order chi connectivity index (χ1) is 15.5. The lowest BCUT2D eigenvalue weighted by Gasteiger charge is -2.13. The van der Waals surface area contributed by atoms with Crippen molar-refractivity contribution in [3.63, 3.8) is 0 Å². The molecule has 0 aliphatic carbocycles.